The minimum Gasteiger partial charge on any atom is -0.327 e. The van der Waals surface area contributed by atoms with E-state index in [1.165, 1.54) is 6.07 Å². The molecular weight excluding hydrogens is 177 g/mol. The lowest BCUT2D eigenvalue weighted by molar-refractivity contribution is 0.586. The van der Waals surface area contributed by atoms with Crippen molar-refractivity contribution >= 4 is 0 Å². The molecule has 2 N–H and O–H groups in total. The predicted molar refractivity (Wildman–Crippen MR) is 57.7 cm³/mol. The SMILES string of the molecule is CCCC(N)Cc1cccc(F)c1C. The molecule has 0 spiro atoms. The van der Waals surface area contributed by atoms with Gasteiger partial charge in [-0.15, -0.1) is 0 Å². The number of hydrogen-bond acceptors (Lipinski definition) is 1. The summed E-state index contributed by atoms with van der Waals surface area (Å²) in [6.07, 6.45) is 2.85. The maximum absolute atomic E-state index is 13.2. The van der Waals surface area contributed by atoms with Crippen LogP contribution in [0.3, 0.4) is 0 Å². The molecule has 14 heavy (non-hydrogen) atoms. The number of hydrogen-bond donors (Lipinski definition) is 1. The van der Waals surface area contributed by atoms with E-state index in [4.69, 9.17) is 5.73 Å². The van der Waals surface area contributed by atoms with Crippen LogP contribution in [0.4, 0.5) is 4.39 Å². The van der Waals surface area contributed by atoms with Crippen LogP contribution in [0.2, 0.25) is 0 Å². The summed E-state index contributed by atoms with van der Waals surface area (Å²) in [5, 5.41) is 0. The Morgan fingerprint density at radius 3 is 2.79 bits per heavy atom. The Bertz CT molecular complexity index is 296. The van der Waals surface area contributed by atoms with Gasteiger partial charge in [-0.05, 0) is 37.0 Å². The van der Waals surface area contributed by atoms with Gasteiger partial charge in [-0.2, -0.15) is 0 Å². The average Bonchev–Trinajstić information content (AvgIpc) is 2.13. The highest BCUT2D eigenvalue weighted by Crippen LogP contribution is 2.14. The summed E-state index contributed by atoms with van der Waals surface area (Å²) in [5.41, 5.74) is 7.68. The molecule has 0 aliphatic rings. The van der Waals surface area contributed by atoms with Crippen molar-refractivity contribution in [2.45, 2.75) is 39.2 Å². The lowest BCUT2D eigenvalue weighted by Crippen LogP contribution is -2.22. The van der Waals surface area contributed by atoms with E-state index in [0.717, 1.165) is 30.4 Å². The molecule has 0 radical (unpaired) electrons. The first kappa shape index (κ1) is 11.2. The van der Waals surface area contributed by atoms with Gasteiger partial charge in [0.05, 0.1) is 0 Å². The van der Waals surface area contributed by atoms with Gasteiger partial charge in [0.1, 0.15) is 5.82 Å². The first-order chi connectivity index (χ1) is 6.65. The van der Waals surface area contributed by atoms with E-state index in [1.807, 2.05) is 13.0 Å². The van der Waals surface area contributed by atoms with Crippen molar-refractivity contribution in [2.24, 2.45) is 5.73 Å². The molecule has 78 valence electrons. The van der Waals surface area contributed by atoms with Gasteiger partial charge in [0, 0.05) is 6.04 Å². The van der Waals surface area contributed by atoms with Gasteiger partial charge in [0.15, 0.2) is 0 Å². The Morgan fingerprint density at radius 2 is 2.14 bits per heavy atom. The zero-order valence-corrected chi connectivity index (χ0v) is 8.89. The zero-order chi connectivity index (χ0) is 10.6. The molecule has 0 heterocycles. The number of halogens is 1. The van der Waals surface area contributed by atoms with E-state index in [0.29, 0.717) is 0 Å². The first-order valence-corrected chi connectivity index (χ1v) is 5.14. The van der Waals surface area contributed by atoms with Gasteiger partial charge in [-0.1, -0.05) is 25.5 Å². The number of benzene rings is 1. The van der Waals surface area contributed by atoms with Crippen molar-refractivity contribution in [3.8, 4) is 0 Å². The van der Waals surface area contributed by atoms with Gasteiger partial charge in [0.25, 0.3) is 0 Å². The molecule has 0 aliphatic carbocycles. The summed E-state index contributed by atoms with van der Waals surface area (Å²) in [4.78, 5) is 0. The van der Waals surface area contributed by atoms with E-state index in [9.17, 15) is 4.39 Å². The summed E-state index contributed by atoms with van der Waals surface area (Å²) in [6, 6.07) is 5.34. The van der Waals surface area contributed by atoms with E-state index in [1.54, 1.807) is 6.07 Å². The Labute approximate surface area is 85.1 Å². The summed E-state index contributed by atoms with van der Waals surface area (Å²) < 4.78 is 13.2. The van der Waals surface area contributed by atoms with Crippen LogP contribution in [0, 0.1) is 12.7 Å². The lowest BCUT2D eigenvalue weighted by Gasteiger charge is -2.12. The summed E-state index contributed by atoms with van der Waals surface area (Å²) in [6.45, 7) is 3.92. The maximum atomic E-state index is 13.2. The fourth-order valence-electron chi connectivity index (χ4n) is 1.63. The molecule has 1 atom stereocenters. The van der Waals surface area contributed by atoms with E-state index < -0.39 is 0 Å². The van der Waals surface area contributed by atoms with Crippen LogP contribution in [-0.4, -0.2) is 6.04 Å². The fraction of sp³-hybridized carbons (Fsp3) is 0.500. The predicted octanol–water partition coefficient (Wildman–Crippen LogP) is 2.80. The second kappa shape index (κ2) is 5.11. The van der Waals surface area contributed by atoms with Gasteiger partial charge >= 0.3 is 0 Å². The summed E-state index contributed by atoms with van der Waals surface area (Å²) >= 11 is 0. The van der Waals surface area contributed by atoms with Crippen LogP contribution in [0.25, 0.3) is 0 Å². The fourth-order valence-corrected chi connectivity index (χ4v) is 1.63. The topological polar surface area (TPSA) is 26.0 Å². The van der Waals surface area contributed by atoms with Crippen molar-refractivity contribution in [1.29, 1.82) is 0 Å². The lowest BCUT2D eigenvalue weighted by atomic mass is 9.99. The van der Waals surface area contributed by atoms with Crippen LogP contribution in [0.5, 0.6) is 0 Å². The molecule has 0 bridgehead atoms. The summed E-state index contributed by atoms with van der Waals surface area (Å²) in [5.74, 6) is -0.133. The van der Waals surface area contributed by atoms with Crippen molar-refractivity contribution < 1.29 is 4.39 Å². The quantitative estimate of drug-likeness (QED) is 0.785. The molecule has 0 amide bonds. The monoisotopic (exact) mass is 195 g/mol. The highest BCUT2D eigenvalue weighted by molar-refractivity contribution is 5.27. The highest BCUT2D eigenvalue weighted by Gasteiger charge is 2.07. The van der Waals surface area contributed by atoms with Crippen LogP contribution < -0.4 is 5.73 Å². The van der Waals surface area contributed by atoms with Crippen LogP contribution >= 0.6 is 0 Å². The largest absolute Gasteiger partial charge is 0.327 e. The second-order valence-corrected chi connectivity index (χ2v) is 3.78. The molecule has 1 rings (SSSR count). The Morgan fingerprint density at radius 1 is 1.43 bits per heavy atom. The molecule has 1 nitrogen and oxygen atoms in total. The van der Waals surface area contributed by atoms with Gasteiger partial charge < -0.3 is 5.73 Å². The van der Waals surface area contributed by atoms with Gasteiger partial charge in [-0.3, -0.25) is 0 Å². The highest BCUT2D eigenvalue weighted by atomic mass is 19.1. The normalized spacial score (nSPS) is 12.9. The molecule has 0 saturated heterocycles. The number of rotatable bonds is 4. The number of nitrogens with two attached hydrogens (primary N) is 1. The second-order valence-electron chi connectivity index (χ2n) is 3.78. The molecule has 1 unspecified atom stereocenters. The maximum Gasteiger partial charge on any atom is 0.126 e. The average molecular weight is 195 g/mol. The Balaban J connectivity index is 2.71. The molecule has 0 fully saturated rings. The zero-order valence-electron chi connectivity index (χ0n) is 8.89. The van der Waals surface area contributed by atoms with Crippen molar-refractivity contribution in [3.05, 3.63) is 35.1 Å². The molecule has 1 aromatic carbocycles. The smallest absolute Gasteiger partial charge is 0.126 e. The van der Waals surface area contributed by atoms with E-state index >= 15 is 0 Å². The van der Waals surface area contributed by atoms with E-state index in [-0.39, 0.29) is 11.9 Å². The molecule has 0 aliphatic heterocycles. The molecule has 0 saturated carbocycles. The third kappa shape index (κ3) is 2.81. The third-order valence-electron chi connectivity index (χ3n) is 2.52. The molecule has 0 aromatic heterocycles. The van der Waals surface area contributed by atoms with Crippen LogP contribution in [-0.2, 0) is 6.42 Å². The Hall–Kier alpha value is -0.890. The van der Waals surface area contributed by atoms with Crippen molar-refractivity contribution in [3.63, 3.8) is 0 Å². The first-order valence-electron chi connectivity index (χ1n) is 5.14. The summed E-state index contributed by atoms with van der Waals surface area (Å²) in [7, 11) is 0. The van der Waals surface area contributed by atoms with Gasteiger partial charge in [-0.25, -0.2) is 4.39 Å². The minimum absolute atomic E-state index is 0.133. The standard InChI is InChI=1S/C12H18FN/c1-3-5-11(14)8-10-6-4-7-12(13)9(10)2/h4,6-7,11H,3,5,8,14H2,1-2H3. The molecule has 2 heteroatoms. The van der Waals surface area contributed by atoms with Crippen molar-refractivity contribution in [2.75, 3.05) is 0 Å². The Kier molecular flexibility index (Phi) is 4.08. The molecular formula is C12H18FN. The van der Waals surface area contributed by atoms with E-state index in [2.05, 4.69) is 6.92 Å². The molecule has 1 aromatic rings. The van der Waals surface area contributed by atoms with Crippen molar-refractivity contribution in [1.82, 2.24) is 0 Å². The van der Waals surface area contributed by atoms with Crippen LogP contribution in [0.15, 0.2) is 18.2 Å². The third-order valence-corrected chi connectivity index (χ3v) is 2.52. The van der Waals surface area contributed by atoms with Gasteiger partial charge in [0.2, 0.25) is 0 Å². The minimum atomic E-state index is -0.133. The van der Waals surface area contributed by atoms with Crippen LogP contribution in [0.1, 0.15) is 30.9 Å².